The number of nitrogens with one attached hydrogen (secondary N) is 2. The van der Waals surface area contributed by atoms with Crippen molar-refractivity contribution in [2.45, 2.75) is 19.8 Å². The lowest BCUT2D eigenvalue weighted by molar-refractivity contribution is 0.0600. The molecular formula is C16H18N4O3. The summed E-state index contributed by atoms with van der Waals surface area (Å²) in [4.78, 5) is 23.2. The summed E-state index contributed by atoms with van der Waals surface area (Å²) in [5.74, 6) is -0.530. The number of aromatic amines is 1. The lowest BCUT2D eigenvalue weighted by Gasteiger charge is -1.99. The summed E-state index contributed by atoms with van der Waals surface area (Å²) >= 11 is 0. The molecule has 2 N–H and O–H groups in total. The summed E-state index contributed by atoms with van der Waals surface area (Å²) in [6.45, 7) is 4.01. The number of carbonyl (C=O) groups is 2. The molecular weight excluding hydrogens is 296 g/mol. The fraction of sp³-hybridized carbons (Fsp3) is 0.250. The molecule has 2 rings (SSSR count). The Morgan fingerprint density at radius 1 is 1.30 bits per heavy atom. The number of H-pyrrole nitrogens is 1. The van der Waals surface area contributed by atoms with Crippen LogP contribution in [0.1, 0.15) is 51.9 Å². The van der Waals surface area contributed by atoms with Crippen LogP contribution in [0.25, 0.3) is 0 Å². The van der Waals surface area contributed by atoms with E-state index in [4.69, 9.17) is 0 Å². The van der Waals surface area contributed by atoms with Gasteiger partial charge in [0.1, 0.15) is 0 Å². The zero-order valence-electron chi connectivity index (χ0n) is 13.2. The van der Waals surface area contributed by atoms with E-state index in [0.717, 1.165) is 11.3 Å². The van der Waals surface area contributed by atoms with Gasteiger partial charge >= 0.3 is 5.97 Å². The Labute approximate surface area is 133 Å². The van der Waals surface area contributed by atoms with Gasteiger partial charge in [-0.15, -0.1) is 0 Å². The lowest BCUT2D eigenvalue weighted by atomic mass is 10.1. The van der Waals surface area contributed by atoms with E-state index in [1.54, 1.807) is 30.3 Å². The topological polar surface area (TPSA) is 96.4 Å². The quantitative estimate of drug-likeness (QED) is 0.501. The molecule has 0 unspecified atom stereocenters. The van der Waals surface area contributed by atoms with E-state index in [9.17, 15) is 9.59 Å². The number of hydrogen-bond donors (Lipinski definition) is 2. The summed E-state index contributed by atoms with van der Waals surface area (Å²) < 4.78 is 4.62. The number of ether oxygens (including phenoxy) is 1. The predicted octanol–water partition coefficient (Wildman–Crippen LogP) is 2.08. The van der Waals surface area contributed by atoms with Gasteiger partial charge in [-0.3, -0.25) is 9.89 Å². The van der Waals surface area contributed by atoms with Gasteiger partial charge in [0.2, 0.25) is 0 Å². The van der Waals surface area contributed by atoms with Crippen LogP contribution in [-0.4, -0.2) is 35.4 Å². The minimum atomic E-state index is -0.402. The number of aromatic nitrogens is 2. The van der Waals surface area contributed by atoms with Gasteiger partial charge in [-0.2, -0.15) is 10.2 Å². The van der Waals surface area contributed by atoms with E-state index < -0.39 is 11.9 Å². The number of nitrogens with zero attached hydrogens (tertiary/aromatic N) is 2. The second-order valence-corrected chi connectivity index (χ2v) is 5.18. The molecule has 0 saturated carbocycles. The molecule has 120 valence electrons. The molecule has 0 aliphatic carbocycles. The molecule has 7 heteroatoms. The monoisotopic (exact) mass is 314 g/mol. The normalized spacial score (nSPS) is 11.0. The average molecular weight is 314 g/mol. The first kappa shape index (κ1) is 16.4. The van der Waals surface area contributed by atoms with Crippen LogP contribution >= 0.6 is 0 Å². The molecule has 0 fully saturated rings. The van der Waals surface area contributed by atoms with E-state index in [0.29, 0.717) is 5.56 Å². The van der Waals surface area contributed by atoms with Crippen LogP contribution in [0.5, 0.6) is 0 Å². The summed E-state index contributed by atoms with van der Waals surface area (Å²) in [6, 6.07) is 8.34. The van der Waals surface area contributed by atoms with Crippen molar-refractivity contribution in [3.63, 3.8) is 0 Å². The number of hydrazone groups is 1. The van der Waals surface area contributed by atoms with Crippen LogP contribution < -0.4 is 5.43 Å². The Morgan fingerprint density at radius 2 is 2.00 bits per heavy atom. The molecule has 0 spiro atoms. The lowest BCUT2D eigenvalue weighted by Crippen LogP contribution is -2.18. The summed E-state index contributed by atoms with van der Waals surface area (Å²) in [5.41, 5.74) is 4.76. The smallest absolute Gasteiger partial charge is 0.337 e. The van der Waals surface area contributed by atoms with Crippen molar-refractivity contribution >= 4 is 18.1 Å². The maximum Gasteiger partial charge on any atom is 0.337 e. The SMILES string of the molecule is COC(=O)c1ccc(/C=N/NC(=O)c2cc(C(C)C)[nH]n2)cc1. The molecule has 23 heavy (non-hydrogen) atoms. The second kappa shape index (κ2) is 7.35. The van der Waals surface area contributed by atoms with Gasteiger partial charge in [-0.1, -0.05) is 26.0 Å². The van der Waals surface area contributed by atoms with Crippen molar-refractivity contribution in [3.05, 3.63) is 52.8 Å². The largest absolute Gasteiger partial charge is 0.465 e. The molecule has 0 radical (unpaired) electrons. The summed E-state index contributed by atoms with van der Waals surface area (Å²) in [5, 5.41) is 10.6. The Bertz CT molecular complexity index is 717. The summed E-state index contributed by atoms with van der Waals surface area (Å²) in [7, 11) is 1.33. The van der Waals surface area contributed by atoms with E-state index in [2.05, 4.69) is 25.5 Å². The third kappa shape index (κ3) is 4.26. The van der Waals surface area contributed by atoms with Gasteiger partial charge in [-0.25, -0.2) is 10.2 Å². The molecule has 1 aromatic carbocycles. The van der Waals surface area contributed by atoms with Crippen molar-refractivity contribution in [1.29, 1.82) is 0 Å². The second-order valence-electron chi connectivity index (χ2n) is 5.18. The number of amides is 1. The molecule has 1 aromatic heterocycles. The van der Waals surface area contributed by atoms with Crippen LogP contribution in [0, 0.1) is 0 Å². The predicted molar refractivity (Wildman–Crippen MR) is 85.5 cm³/mol. The van der Waals surface area contributed by atoms with E-state index in [-0.39, 0.29) is 11.6 Å². The highest BCUT2D eigenvalue weighted by Crippen LogP contribution is 2.11. The number of methoxy groups -OCH3 is 1. The first-order valence-electron chi connectivity index (χ1n) is 7.08. The number of esters is 1. The molecule has 0 atom stereocenters. The molecule has 0 aliphatic heterocycles. The zero-order valence-corrected chi connectivity index (χ0v) is 13.2. The highest BCUT2D eigenvalue weighted by atomic mass is 16.5. The Kier molecular flexibility index (Phi) is 5.24. The number of carbonyl (C=O) groups excluding carboxylic acids is 2. The number of hydrogen-bond acceptors (Lipinski definition) is 5. The van der Waals surface area contributed by atoms with Crippen LogP contribution in [-0.2, 0) is 4.74 Å². The maximum atomic E-state index is 11.9. The van der Waals surface area contributed by atoms with Crippen molar-refractivity contribution in [1.82, 2.24) is 15.6 Å². The van der Waals surface area contributed by atoms with Gasteiger partial charge in [0.25, 0.3) is 5.91 Å². The van der Waals surface area contributed by atoms with Gasteiger partial charge in [-0.05, 0) is 29.7 Å². The van der Waals surface area contributed by atoms with Crippen LogP contribution in [0.3, 0.4) is 0 Å². The van der Waals surface area contributed by atoms with Gasteiger partial charge in [0.05, 0.1) is 18.9 Å². The molecule has 0 bridgehead atoms. The van der Waals surface area contributed by atoms with Gasteiger partial charge in [0.15, 0.2) is 5.69 Å². The highest BCUT2D eigenvalue weighted by molar-refractivity contribution is 5.93. The van der Waals surface area contributed by atoms with Crippen molar-refractivity contribution in [2.75, 3.05) is 7.11 Å². The van der Waals surface area contributed by atoms with Gasteiger partial charge in [0, 0.05) is 5.69 Å². The van der Waals surface area contributed by atoms with Crippen LogP contribution in [0.4, 0.5) is 0 Å². The number of rotatable bonds is 5. The standard InChI is InChI=1S/C16H18N4O3/c1-10(2)13-8-14(19-18-13)15(21)20-17-9-11-4-6-12(7-5-11)16(22)23-3/h4-10H,1-3H3,(H,18,19)(H,20,21)/b17-9+. The highest BCUT2D eigenvalue weighted by Gasteiger charge is 2.11. The molecule has 0 aliphatic rings. The van der Waals surface area contributed by atoms with Crippen LogP contribution in [0.15, 0.2) is 35.4 Å². The van der Waals surface area contributed by atoms with Crippen LogP contribution in [0.2, 0.25) is 0 Å². The molecule has 1 amide bonds. The fourth-order valence-corrected chi connectivity index (χ4v) is 1.79. The summed E-state index contributed by atoms with van der Waals surface area (Å²) in [6.07, 6.45) is 1.48. The van der Waals surface area contributed by atoms with Gasteiger partial charge < -0.3 is 4.74 Å². The maximum absolute atomic E-state index is 11.9. The van der Waals surface area contributed by atoms with E-state index >= 15 is 0 Å². The molecule has 1 heterocycles. The van der Waals surface area contributed by atoms with E-state index in [1.807, 2.05) is 13.8 Å². The molecule has 7 nitrogen and oxygen atoms in total. The van der Waals surface area contributed by atoms with Crippen molar-refractivity contribution in [2.24, 2.45) is 5.10 Å². The third-order valence-corrected chi connectivity index (χ3v) is 3.16. The molecule has 2 aromatic rings. The first-order valence-corrected chi connectivity index (χ1v) is 7.08. The first-order chi connectivity index (χ1) is 11.0. The number of benzene rings is 1. The minimum absolute atomic E-state index is 0.265. The molecule has 0 saturated heterocycles. The third-order valence-electron chi connectivity index (χ3n) is 3.16. The minimum Gasteiger partial charge on any atom is -0.465 e. The Morgan fingerprint density at radius 3 is 2.57 bits per heavy atom. The Balaban J connectivity index is 1.95. The Hall–Kier alpha value is -2.96. The fourth-order valence-electron chi connectivity index (χ4n) is 1.79. The van der Waals surface area contributed by atoms with Crippen molar-refractivity contribution < 1.29 is 14.3 Å². The zero-order chi connectivity index (χ0) is 16.8. The van der Waals surface area contributed by atoms with E-state index in [1.165, 1.54) is 13.3 Å². The van der Waals surface area contributed by atoms with Crippen molar-refractivity contribution in [3.8, 4) is 0 Å². The average Bonchev–Trinajstić information content (AvgIpc) is 3.05.